The second-order valence-corrected chi connectivity index (χ2v) is 5.50. The summed E-state index contributed by atoms with van der Waals surface area (Å²) in [6, 6.07) is 9.06. The third-order valence-corrected chi connectivity index (χ3v) is 3.86. The van der Waals surface area contributed by atoms with Gasteiger partial charge >= 0.3 is 0 Å². The minimum Gasteiger partial charge on any atom is -0.497 e. The van der Waals surface area contributed by atoms with Gasteiger partial charge in [-0.3, -0.25) is 4.79 Å². The van der Waals surface area contributed by atoms with Crippen LogP contribution in [0.2, 0.25) is 0 Å². The molecule has 3 N–H and O–H groups in total. The zero-order valence-electron chi connectivity index (χ0n) is 16.3. The topological polar surface area (TPSA) is 92.0 Å². The predicted molar refractivity (Wildman–Crippen MR) is 113 cm³/mol. The van der Waals surface area contributed by atoms with Crippen LogP contribution in [0, 0.1) is 0 Å². The zero-order chi connectivity index (χ0) is 19.8. The first-order chi connectivity index (χ1) is 13.1. The lowest BCUT2D eigenvalue weighted by atomic mass is 10.1. The van der Waals surface area contributed by atoms with Crippen LogP contribution >= 0.6 is 12.4 Å². The van der Waals surface area contributed by atoms with Gasteiger partial charge < -0.3 is 30.0 Å². The third-order valence-electron chi connectivity index (χ3n) is 3.86. The molecular weight excluding hydrogens is 384 g/mol. The molecule has 0 heterocycles. The molecule has 0 spiro atoms. The smallest absolute Gasteiger partial charge is 0.238 e. The van der Waals surface area contributed by atoms with E-state index in [1.54, 1.807) is 34.5 Å². The molecule has 0 radical (unpaired) electrons. The summed E-state index contributed by atoms with van der Waals surface area (Å²) in [6.07, 6.45) is 3.75. The molecule has 0 saturated heterocycles. The number of hydrogen-bond acceptors (Lipinski definition) is 6. The van der Waals surface area contributed by atoms with E-state index in [1.165, 1.54) is 0 Å². The number of benzene rings is 2. The molecule has 7 nitrogen and oxygen atoms in total. The van der Waals surface area contributed by atoms with E-state index in [2.05, 4.69) is 5.32 Å². The Morgan fingerprint density at radius 3 is 2.11 bits per heavy atom. The molecule has 2 aromatic rings. The molecular formula is C20H25ClN2O5. The zero-order valence-corrected chi connectivity index (χ0v) is 17.1. The predicted octanol–water partition coefficient (Wildman–Crippen LogP) is 3.21. The maximum absolute atomic E-state index is 11.7. The number of ether oxygens (including phenoxy) is 4. The summed E-state index contributed by atoms with van der Waals surface area (Å²) in [4.78, 5) is 11.7. The van der Waals surface area contributed by atoms with Crippen LogP contribution in [0.4, 0.5) is 5.69 Å². The Morgan fingerprint density at radius 1 is 0.964 bits per heavy atom. The fraction of sp³-hybridized carbons (Fsp3) is 0.250. The van der Waals surface area contributed by atoms with E-state index < -0.39 is 0 Å². The number of carbonyl (C=O) groups is 1. The maximum Gasteiger partial charge on any atom is 0.238 e. The Kier molecular flexibility index (Phi) is 9.14. The molecule has 2 rings (SSSR count). The van der Waals surface area contributed by atoms with Gasteiger partial charge in [-0.1, -0.05) is 12.2 Å². The minimum absolute atomic E-state index is 0. The average Bonchev–Trinajstić information content (AvgIpc) is 2.71. The summed E-state index contributed by atoms with van der Waals surface area (Å²) in [5.74, 6) is 1.99. The minimum atomic E-state index is -0.286. The summed E-state index contributed by atoms with van der Waals surface area (Å²) >= 11 is 0. The van der Waals surface area contributed by atoms with Crippen LogP contribution < -0.4 is 30.0 Å². The molecule has 0 fully saturated rings. The highest BCUT2D eigenvalue weighted by Gasteiger charge is 2.12. The van der Waals surface area contributed by atoms with E-state index in [4.69, 9.17) is 24.7 Å². The van der Waals surface area contributed by atoms with Crippen LogP contribution in [-0.4, -0.2) is 40.9 Å². The molecule has 2 aromatic carbocycles. The van der Waals surface area contributed by atoms with Gasteiger partial charge in [0, 0.05) is 6.07 Å². The van der Waals surface area contributed by atoms with Crippen molar-refractivity contribution in [1.82, 2.24) is 0 Å². The van der Waals surface area contributed by atoms with Crippen LogP contribution in [0.25, 0.3) is 12.2 Å². The van der Waals surface area contributed by atoms with E-state index in [0.717, 1.165) is 11.1 Å². The highest BCUT2D eigenvalue weighted by molar-refractivity contribution is 5.95. The number of hydrogen-bond donors (Lipinski definition) is 2. The van der Waals surface area contributed by atoms with Crippen molar-refractivity contribution >= 4 is 36.2 Å². The van der Waals surface area contributed by atoms with Crippen LogP contribution in [0.1, 0.15) is 11.1 Å². The van der Waals surface area contributed by atoms with Crippen molar-refractivity contribution in [2.45, 2.75) is 0 Å². The molecule has 8 heteroatoms. The molecule has 0 saturated carbocycles. The van der Waals surface area contributed by atoms with E-state index in [-0.39, 0.29) is 24.9 Å². The van der Waals surface area contributed by atoms with E-state index >= 15 is 0 Å². The molecule has 0 aromatic heterocycles. The molecule has 28 heavy (non-hydrogen) atoms. The molecule has 0 atom stereocenters. The van der Waals surface area contributed by atoms with Crippen molar-refractivity contribution in [2.75, 3.05) is 40.3 Å². The van der Waals surface area contributed by atoms with E-state index in [0.29, 0.717) is 28.7 Å². The number of nitrogens with one attached hydrogen (secondary N) is 1. The molecule has 0 bridgehead atoms. The monoisotopic (exact) mass is 408 g/mol. The van der Waals surface area contributed by atoms with Crippen LogP contribution in [0.3, 0.4) is 0 Å². The highest BCUT2D eigenvalue weighted by atomic mass is 35.5. The molecule has 0 aliphatic carbocycles. The first-order valence-corrected chi connectivity index (χ1v) is 8.22. The Hall–Kier alpha value is -2.90. The van der Waals surface area contributed by atoms with Gasteiger partial charge in [0.15, 0.2) is 11.5 Å². The Bertz CT molecular complexity index is 814. The quantitative estimate of drug-likeness (QED) is 0.651. The first kappa shape index (κ1) is 23.1. The Labute approximate surface area is 170 Å². The van der Waals surface area contributed by atoms with Gasteiger partial charge in [0.25, 0.3) is 0 Å². The number of nitrogens with two attached hydrogens (primary N) is 1. The lowest BCUT2D eigenvalue weighted by Crippen LogP contribution is -2.22. The number of amides is 1. The molecule has 0 aliphatic rings. The van der Waals surface area contributed by atoms with Crippen molar-refractivity contribution in [3.05, 3.63) is 41.5 Å². The summed E-state index contributed by atoms with van der Waals surface area (Å²) in [7, 11) is 6.25. The number of halogens is 1. The second-order valence-electron chi connectivity index (χ2n) is 5.50. The maximum atomic E-state index is 11.7. The van der Waals surface area contributed by atoms with Crippen LogP contribution in [0.5, 0.6) is 23.0 Å². The van der Waals surface area contributed by atoms with Crippen molar-refractivity contribution in [3.63, 3.8) is 0 Å². The summed E-state index contributed by atoms with van der Waals surface area (Å²) in [5, 5.41) is 2.77. The molecule has 152 valence electrons. The van der Waals surface area contributed by atoms with Crippen LogP contribution in [-0.2, 0) is 4.79 Å². The van der Waals surface area contributed by atoms with Crippen molar-refractivity contribution in [1.29, 1.82) is 0 Å². The molecule has 1 amide bonds. The van der Waals surface area contributed by atoms with Gasteiger partial charge in [-0.15, -0.1) is 12.4 Å². The number of rotatable bonds is 8. The molecule has 0 unspecified atom stereocenters. The number of anilines is 1. The summed E-state index contributed by atoms with van der Waals surface area (Å²) in [5.41, 5.74) is 7.64. The molecule has 0 aliphatic heterocycles. The third kappa shape index (κ3) is 5.55. The van der Waals surface area contributed by atoms with Gasteiger partial charge in [-0.25, -0.2) is 0 Å². The lowest BCUT2D eigenvalue weighted by molar-refractivity contribution is -0.114. The largest absolute Gasteiger partial charge is 0.497 e. The number of methoxy groups -OCH3 is 4. The van der Waals surface area contributed by atoms with E-state index in [9.17, 15) is 4.79 Å². The van der Waals surface area contributed by atoms with Gasteiger partial charge in [-0.05, 0) is 35.4 Å². The highest BCUT2D eigenvalue weighted by Crippen LogP contribution is 2.38. The van der Waals surface area contributed by atoms with E-state index in [1.807, 2.05) is 36.4 Å². The first-order valence-electron chi connectivity index (χ1n) is 8.22. The fourth-order valence-corrected chi connectivity index (χ4v) is 2.50. The summed E-state index contributed by atoms with van der Waals surface area (Å²) in [6.45, 7) is -0.104. The van der Waals surface area contributed by atoms with Gasteiger partial charge in [0.1, 0.15) is 5.75 Å². The fourth-order valence-electron chi connectivity index (χ4n) is 2.50. The van der Waals surface area contributed by atoms with Crippen molar-refractivity contribution in [2.24, 2.45) is 5.73 Å². The van der Waals surface area contributed by atoms with Crippen molar-refractivity contribution in [3.8, 4) is 23.0 Å². The normalized spacial score (nSPS) is 10.2. The second kappa shape index (κ2) is 11.1. The SMILES string of the molecule is COc1ccc(/C=C\c2cc(OC)c(OC)c(OC)c2)c(NC(=O)CN)c1.Cl. The lowest BCUT2D eigenvalue weighted by Gasteiger charge is -2.13. The summed E-state index contributed by atoms with van der Waals surface area (Å²) < 4.78 is 21.3. The average molecular weight is 409 g/mol. The Morgan fingerprint density at radius 2 is 1.61 bits per heavy atom. The Balaban J connectivity index is 0.00000392. The standard InChI is InChI=1S/C20H24N2O5.ClH/c1-24-15-8-7-14(16(11-15)22-19(23)12-21)6-5-13-9-17(25-2)20(27-4)18(10-13)26-3;/h5-11H,12,21H2,1-4H3,(H,22,23);1H/b6-5-;. The van der Waals surface area contributed by atoms with Gasteiger partial charge in [-0.2, -0.15) is 0 Å². The van der Waals surface area contributed by atoms with Gasteiger partial charge in [0.2, 0.25) is 11.7 Å². The number of carbonyl (C=O) groups excluding carboxylic acids is 1. The van der Waals surface area contributed by atoms with Crippen LogP contribution in [0.15, 0.2) is 30.3 Å². The van der Waals surface area contributed by atoms with Gasteiger partial charge in [0.05, 0.1) is 40.7 Å². The van der Waals surface area contributed by atoms with Crippen molar-refractivity contribution < 1.29 is 23.7 Å².